The molecule has 1 N–H and O–H groups in total. The van der Waals surface area contributed by atoms with E-state index < -0.39 is 28.6 Å². The van der Waals surface area contributed by atoms with Crippen LogP contribution in [0.15, 0.2) is 78.0 Å². The Kier molecular flexibility index (Phi) is 7.41. The summed E-state index contributed by atoms with van der Waals surface area (Å²) < 4.78 is 85.2. The van der Waals surface area contributed by atoms with Crippen LogP contribution in [0.3, 0.4) is 0 Å². The first-order chi connectivity index (χ1) is 19.7. The first-order valence-corrected chi connectivity index (χ1v) is 14.4. The molecule has 0 unspecified atom stereocenters. The minimum absolute atomic E-state index is 0.249. The summed E-state index contributed by atoms with van der Waals surface area (Å²) in [5, 5.41) is 14.1. The second-order valence-corrected chi connectivity index (χ2v) is 11.6. The summed E-state index contributed by atoms with van der Waals surface area (Å²) in [7, 11) is -3.87. The predicted octanol–water partition coefficient (Wildman–Crippen LogP) is 5.94. The molecule has 0 bridgehead atoms. The first kappa shape index (κ1) is 29.0. The van der Waals surface area contributed by atoms with E-state index in [0.29, 0.717) is 34.0 Å². The number of hydrogen-bond donors (Lipinski definition) is 1. The van der Waals surface area contributed by atoms with Crippen molar-refractivity contribution in [3.63, 3.8) is 0 Å². The van der Waals surface area contributed by atoms with Crippen molar-refractivity contribution in [2.75, 3.05) is 6.26 Å². The quantitative estimate of drug-likeness (QED) is 0.232. The Hall–Kier alpha value is -4.49. The average Bonchev–Trinajstić information content (AvgIpc) is 3.52. The molecular formula is C29H24F4N4O4S. The van der Waals surface area contributed by atoms with Gasteiger partial charge in [-0.25, -0.2) is 22.5 Å². The Morgan fingerprint density at radius 3 is 2.21 bits per heavy atom. The number of benzene rings is 3. The van der Waals surface area contributed by atoms with Gasteiger partial charge in [0.25, 0.3) is 0 Å². The van der Waals surface area contributed by atoms with E-state index in [0.717, 1.165) is 18.0 Å². The van der Waals surface area contributed by atoms with Crippen molar-refractivity contribution in [1.29, 1.82) is 0 Å². The number of nitrogens with zero attached hydrogens (tertiary/aromatic N) is 4. The van der Waals surface area contributed by atoms with Crippen LogP contribution < -0.4 is 4.74 Å². The number of sulfone groups is 1. The maximum absolute atomic E-state index is 15.0. The molecule has 0 fully saturated rings. The smallest absolute Gasteiger partial charge is 0.406 e. The zero-order valence-electron chi connectivity index (χ0n) is 22.5. The van der Waals surface area contributed by atoms with Crippen LogP contribution in [0.25, 0.3) is 33.8 Å². The Morgan fingerprint density at radius 1 is 0.929 bits per heavy atom. The fourth-order valence-corrected chi connectivity index (χ4v) is 5.69. The molecule has 0 saturated carbocycles. The molecule has 2 heterocycles. The van der Waals surface area contributed by atoms with Crippen LogP contribution >= 0.6 is 0 Å². The van der Waals surface area contributed by atoms with Crippen LogP contribution in [0.2, 0.25) is 0 Å². The minimum atomic E-state index is -4.83. The molecule has 0 aliphatic heterocycles. The lowest BCUT2D eigenvalue weighted by molar-refractivity contribution is -0.274. The zero-order valence-corrected chi connectivity index (χ0v) is 23.3. The van der Waals surface area contributed by atoms with E-state index in [-0.39, 0.29) is 21.8 Å². The van der Waals surface area contributed by atoms with Gasteiger partial charge in [0.2, 0.25) is 0 Å². The van der Waals surface area contributed by atoms with E-state index >= 15 is 0 Å². The van der Waals surface area contributed by atoms with Gasteiger partial charge in [-0.15, -0.1) is 13.2 Å². The molecule has 8 nitrogen and oxygen atoms in total. The van der Waals surface area contributed by atoms with Crippen LogP contribution in [0, 0.1) is 19.7 Å². The van der Waals surface area contributed by atoms with Crippen LogP contribution in [-0.4, -0.2) is 45.5 Å². The lowest BCUT2D eigenvalue weighted by atomic mass is 10.0. The Balaban J connectivity index is 1.70. The van der Waals surface area contributed by atoms with Gasteiger partial charge < -0.3 is 14.4 Å². The molecule has 0 amide bonds. The highest BCUT2D eigenvalue weighted by atomic mass is 32.2. The summed E-state index contributed by atoms with van der Waals surface area (Å²) in [4.78, 5) is 4.14. The topological polar surface area (TPSA) is 99.2 Å². The third kappa shape index (κ3) is 5.78. The number of rotatable bonds is 7. The van der Waals surface area contributed by atoms with Crippen LogP contribution in [-0.2, 0) is 16.4 Å². The number of ether oxygens (including phenoxy) is 1. The van der Waals surface area contributed by atoms with Gasteiger partial charge in [0.05, 0.1) is 40.5 Å². The van der Waals surface area contributed by atoms with Crippen LogP contribution in [0.4, 0.5) is 17.6 Å². The Labute approximate surface area is 238 Å². The highest BCUT2D eigenvalue weighted by Crippen LogP contribution is 2.34. The fourth-order valence-electron chi connectivity index (χ4n) is 4.74. The van der Waals surface area contributed by atoms with Crippen molar-refractivity contribution >= 4 is 9.84 Å². The van der Waals surface area contributed by atoms with E-state index in [4.69, 9.17) is 0 Å². The Bertz CT molecular complexity index is 1900. The third-order valence-electron chi connectivity index (χ3n) is 6.54. The fraction of sp³-hybridized carbons (Fsp3) is 0.172. The van der Waals surface area contributed by atoms with Crippen molar-refractivity contribution in [3.05, 3.63) is 96.0 Å². The second-order valence-electron chi connectivity index (χ2n) is 9.57. The van der Waals surface area contributed by atoms with Gasteiger partial charge in [0, 0.05) is 23.6 Å². The summed E-state index contributed by atoms with van der Waals surface area (Å²) in [6.45, 7) is 2.86. The van der Waals surface area contributed by atoms with E-state index in [1.165, 1.54) is 36.5 Å². The lowest BCUT2D eigenvalue weighted by Crippen LogP contribution is -2.16. The molecular weight excluding hydrogens is 576 g/mol. The summed E-state index contributed by atoms with van der Waals surface area (Å²) in [5.74, 6) is -0.579. The second kappa shape index (κ2) is 10.7. The SMILES string of the molecule is Cc1cn(-c2ccc(-c3cc(F)c(CO)c(S(C)(=O)=O)c3)cc2-n2nccc2-c2ccc(OC(F)(F)F)cc2)c(C)n1. The third-order valence-corrected chi connectivity index (χ3v) is 7.70. The molecule has 3 aromatic carbocycles. The standard InChI is InChI=1S/C29H24F4N4O4S/c1-17-15-36(18(2)35-17)26-9-6-20(21-12-24(30)23(16-38)28(14-21)42(3,39)40)13-27(26)37-25(10-11-34-37)19-4-7-22(8-5-19)41-29(31,32)33/h4-15,38H,16H2,1-3H3. The van der Waals surface area contributed by atoms with E-state index in [9.17, 15) is 31.1 Å². The molecule has 5 rings (SSSR count). The van der Waals surface area contributed by atoms with Crippen molar-refractivity contribution in [1.82, 2.24) is 19.3 Å². The number of aryl methyl sites for hydroxylation is 2. The summed E-state index contributed by atoms with van der Waals surface area (Å²) >= 11 is 0. The lowest BCUT2D eigenvalue weighted by Gasteiger charge is -2.17. The summed E-state index contributed by atoms with van der Waals surface area (Å²) in [6.07, 6.45) is -0.553. The van der Waals surface area contributed by atoms with E-state index in [1.807, 2.05) is 24.6 Å². The zero-order chi connectivity index (χ0) is 30.4. The maximum Gasteiger partial charge on any atom is 0.573 e. The molecule has 0 radical (unpaired) electrons. The molecule has 42 heavy (non-hydrogen) atoms. The van der Waals surface area contributed by atoms with Gasteiger partial charge in [-0.1, -0.05) is 6.07 Å². The summed E-state index contributed by atoms with van der Waals surface area (Å²) in [5.41, 5.74) is 3.32. The molecule has 13 heteroatoms. The molecule has 0 aliphatic rings. The van der Waals surface area contributed by atoms with Gasteiger partial charge in [-0.2, -0.15) is 5.10 Å². The van der Waals surface area contributed by atoms with E-state index in [1.54, 1.807) is 28.9 Å². The minimum Gasteiger partial charge on any atom is -0.406 e. The molecule has 0 atom stereocenters. The number of aliphatic hydroxyl groups is 1. The molecule has 0 spiro atoms. The molecule has 218 valence electrons. The Morgan fingerprint density at radius 2 is 1.62 bits per heavy atom. The molecule has 5 aromatic rings. The van der Waals surface area contributed by atoms with E-state index in [2.05, 4.69) is 14.8 Å². The molecule has 2 aromatic heterocycles. The van der Waals surface area contributed by atoms with Crippen molar-refractivity contribution in [3.8, 4) is 39.5 Å². The number of hydrogen-bond acceptors (Lipinski definition) is 6. The average molecular weight is 601 g/mol. The summed E-state index contributed by atoms with van der Waals surface area (Å²) in [6, 6.07) is 14.6. The van der Waals surface area contributed by atoms with Gasteiger partial charge in [-0.05, 0) is 79.6 Å². The van der Waals surface area contributed by atoms with Gasteiger partial charge >= 0.3 is 6.36 Å². The highest BCUT2D eigenvalue weighted by molar-refractivity contribution is 7.90. The van der Waals surface area contributed by atoms with Crippen molar-refractivity contribution in [2.24, 2.45) is 0 Å². The van der Waals surface area contributed by atoms with Crippen molar-refractivity contribution < 1.29 is 35.8 Å². The maximum atomic E-state index is 15.0. The molecule has 0 aliphatic carbocycles. The number of alkyl halides is 3. The predicted molar refractivity (Wildman–Crippen MR) is 147 cm³/mol. The van der Waals surface area contributed by atoms with Gasteiger partial charge in [0.1, 0.15) is 17.4 Å². The largest absolute Gasteiger partial charge is 0.573 e. The number of aliphatic hydroxyl groups excluding tert-OH is 1. The normalized spacial score (nSPS) is 12.1. The first-order valence-electron chi connectivity index (χ1n) is 12.5. The molecule has 0 saturated heterocycles. The number of aromatic nitrogens is 4. The number of halogens is 4. The monoisotopic (exact) mass is 600 g/mol. The number of imidazole rings is 1. The van der Waals surface area contributed by atoms with Crippen LogP contribution in [0.5, 0.6) is 5.75 Å². The van der Waals surface area contributed by atoms with Gasteiger partial charge in [0.15, 0.2) is 9.84 Å². The van der Waals surface area contributed by atoms with Gasteiger partial charge in [-0.3, -0.25) is 0 Å². The van der Waals surface area contributed by atoms with Crippen LogP contribution in [0.1, 0.15) is 17.1 Å². The van der Waals surface area contributed by atoms with Crippen molar-refractivity contribution in [2.45, 2.75) is 31.7 Å². The highest BCUT2D eigenvalue weighted by Gasteiger charge is 2.31.